The van der Waals surface area contributed by atoms with Gasteiger partial charge in [0.2, 0.25) is 5.91 Å². The maximum absolute atomic E-state index is 13.0. The fraction of sp³-hybridized carbons (Fsp3) is 0.227. The highest BCUT2D eigenvalue weighted by Gasteiger charge is 2.32. The first-order chi connectivity index (χ1) is 14.8. The van der Waals surface area contributed by atoms with E-state index in [1.54, 1.807) is 23.7 Å². The van der Waals surface area contributed by atoms with E-state index in [2.05, 4.69) is 16.4 Å². The number of aromatic nitrogens is 2. The molecule has 0 saturated heterocycles. The number of hydrogen-bond acceptors (Lipinski definition) is 6. The average Bonchev–Trinajstić information content (AvgIpc) is 2.74. The normalized spacial score (nSPS) is 15.3. The Kier molecular flexibility index (Phi) is 5.60. The number of carbonyl (C=O) groups excluding carboxylic acids is 1. The molecule has 4 rings (SSSR count). The Bertz CT molecular complexity index is 1250. The van der Waals surface area contributed by atoms with Gasteiger partial charge in [-0.25, -0.2) is 0 Å². The van der Waals surface area contributed by atoms with Crippen LogP contribution in [0.1, 0.15) is 34.6 Å². The van der Waals surface area contributed by atoms with Crippen molar-refractivity contribution >= 4 is 29.2 Å². The van der Waals surface area contributed by atoms with Crippen molar-refractivity contribution in [2.24, 2.45) is 7.05 Å². The van der Waals surface area contributed by atoms with Gasteiger partial charge >= 0.3 is 0 Å². The Labute approximate surface area is 182 Å². The largest absolute Gasteiger partial charge is 0.312 e. The van der Waals surface area contributed by atoms with Gasteiger partial charge in [0.25, 0.3) is 11.2 Å². The molecule has 1 aliphatic rings. The van der Waals surface area contributed by atoms with Gasteiger partial charge in [-0.2, -0.15) is 4.98 Å². The number of nitro benzene ring substituents is 1. The van der Waals surface area contributed by atoms with Crippen molar-refractivity contribution in [3.05, 3.63) is 91.3 Å². The third kappa shape index (κ3) is 4.22. The molecule has 0 bridgehead atoms. The quantitative estimate of drug-likeness (QED) is 0.282. The van der Waals surface area contributed by atoms with E-state index in [1.165, 1.54) is 23.9 Å². The maximum atomic E-state index is 13.0. The predicted octanol–water partition coefficient (Wildman–Crippen LogP) is 3.76. The number of fused-ring (bicyclic) bond motifs is 1. The van der Waals surface area contributed by atoms with Crippen LogP contribution in [0, 0.1) is 17.0 Å². The van der Waals surface area contributed by atoms with E-state index in [-0.39, 0.29) is 18.0 Å². The Morgan fingerprint density at radius 2 is 2.00 bits per heavy atom. The first-order valence-corrected chi connectivity index (χ1v) is 10.7. The minimum absolute atomic E-state index is 0.0286. The minimum atomic E-state index is -0.592. The van der Waals surface area contributed by atoms with Crippen molar-refractivity contribution in [1.29, 1.82) is 0 Å². The number of benzene rings is 2. The lowest BCUT2D eigenvalue weighted by Crippen LogP contribution is -2.33. The first-order valence-electron chi connectivity index (χ1n) is 9.67. The van der Waals surface area contributed by atoms with Crippen LogP contribution in [0.2, 0.25) is 0 Å². The number of aryl methyl sites for hydroxylation is 1. The average molecular weight is 436 g/mol. The predicted molar refractivity (Wildman–Crippen MR) is 118 cm³/mol. The molecule has 0 saturated carbocycles. The van der Waals surface area contributed by atoms with Gasteiger partial charge in [-0.15, -0.1) is 0 Å². The monoisotopic (exact) mass is 436 g/mol. The lowest BCUT2D eigenvalue weighted by atomic mass is 9.86. The van der Waals surface area contributed by atoms with Crippen LogP contribution in [0.3, 0.4) is 0 Å². The van der Waals surface area contributed by atoms with Crippen LogP contribution >= 0.6 is 11.8 Å². The number of hydrogen-bond donors (Lipinski definition) is 1. The van der Waals surface area contributed by atoms with Gasteiger partial charge in [0, 0.05) is 37.3 Å². The third-order valence-corrected chi connectivity index (χ3v) is 6.34. The van der Waals surface area contributed by atoms with Crippen molar-refractivity contribution in [2.45, 2.75) is 30.2 Å². The Morgan fingerprint density at radius 1 is 1.23 bits per heavy atom. The lowest BCUT2D eigenvalue weighted by molar-refractivity contribution is -0.384. The molecule has 0 radical (unpaired) electrons. The molecule has 31 heavy (non-hydrogen) atoms. The molecule has 3 aromatic rings. The third-order valence-electron chi connectivity index (χ3n) is 5.23. The van der Waals surface area contributed by atoms with Crippen LogP contribution in [0.4, 0.5) is 11.5 Å². The maximum Gasteiger partial charge on any atom is 0.279 e. The second-order valence-electron chi connectivity index (χ2n) is 7.46. The van der Waals surface area contributed by atoms with Crippen molar-refractivity contribution in [2.75, 3.05) is 5.32 Å². The second kappa shape index (κ2) is 8.35. The summed E-state index contributed by atoms with van der Waals surface area (Å²) in [5.74, 6) is 0.174. The first kappa shape index (κ1) is 20.8. The van der Waals surface area contributed by atoms with E-state index in [0.717, 1.165) is 11.1 Å². The summed E-state index contributed by atoms with van der Waals surface area (Å²) in [6, 6.07) is 14.1. The SMILES string of the molecule is Cc1cccc(CSc2nc(=O)c3c(n2C)NC(=O)CC3c2cccc([N+](=O)[O-])c2)c1. The molecule has 1 amide bonds. The van der Waals surface area contributed by atoms with Gasteiger partial charge in [-0.3, -0.25) is 19.7 Å². The Hall–Kier alpha value is -3.46. The van der Waals surface area contributed by atoms with Gasteiger partial charge < -0.3 is 9.88 Å². The fourth-order valence-corrected chi connectivity index (χ4v) is 4.66. The Balaban J connectivity index is 1.73. The van der Waals surface area contributed by atoms with E-state index in [9.17, 15) is 19.7 Å². The van der Waals surface area contributed by atoms with Gasteiger partial charge in [-0.05, 0) is 18.1 Å². The van der Waals surface area contributed by atoms with Crippen LogP contribution in [-0.2, 0) is 17.6 Å². The van der Waals surface area contributed by atoms with E-state index in [4.69, 9.17) is 0 Å². The molecule has 0 aliphatic carbocycles. The van der Waals surface area contributed by atoms with E-state index in [0.29, 0.717) is 27.9 Å². The summed E-state index contributed by atoms with van der Waals surface area (Å²) in [6.45, 7) is 2.02. The van der Waals surface area contributed by atoms with Crippen LogP contribution < -0.4 is 10.9 Å². The number of thioether (sulfide) groups is 1. The molecule has 0 fully saturated rings. The number of non-ortho nitro benzene ring substituents is 1. The number of rotatable bonds is 5. The molecule has 158 valence electrons. The zero-order valence-corrected chi connectivity index (χ0v) is 17.8. The molecule has 2 heterocycles. The molecule has 9 heteroatoms. The highest BCUT2D eigenvalue weighted by molar-refractivity contribution is 7.98. The zero-order valence-electron chi connectivity index (χ0n) is 17.0. The summed E-state index contributed by atoms with van der Waals surface area (Å²) in [4.78, 5) is 40.4. The summed E-state index contributed by atoms with van der Waals surface area (Å²) in [5, 5.41) is 14.4. The minimum Gasteiger partial charge on any atom is -0.312 e. The number of carbonyl (C=O) groups is 1. The van der Waals surface area contributed by atoms with E-state index in [1.807, 2.05) is 25.1 Å². The number of nitrogens with one attached hydrogen (secondary N) is 1. The van der Waals surface area contributed by atoms with Gasteiger partial charge in [0.1, 0.15) is 5.82 Å². The second-order valence-corrected chi connectivity index (χ2v) is 8.40. The molecule has 2 aromatic carbocycles. The molecular weight excluding hydrogens is 416 g/mol. The molecule has 0 spiro atoms. The summed E-state index contributed by atoms with van der Waals surface area (Å²) in [6.07, 6.45) is 0.0286. The smallest absolute Gasteiger partial charge is 0.279 e. The number of amides is 1. The van der Waals surface area contributed by atoms with Crippen LogP contribution in [0.5, 0.6) is 0 Å². The topological polar surface area (TPSA) is 107 Å². The van der Waals surface area contributed by atoms with Crippen LogP contribution in [0.25, 0.3) is 0 Å². The van der Waals surface area contributed by atoms with Crippen molar-refractivity contribution in [3.63, 3.8) is 0 Å². The van der Waals surface area contributed by atoms with Crippen molar-refractivity contribution < 1.29 is 9.72 Å². The van der Waals surface area contributed by atoms with E-state index >= 15 is 0 Å². The summed E-state index contributed by atoms with van der Waals surface area (Å²) in [5.41, 5.74) is 2.64. The highest BCUT2D eigenvalue weighted by atomic mass is 32.2. The van der Waals surface area contributed by atoms with Crippen LogP contribution in [-0.4, -0.2) is 20.4 Å². The van der Waals surface area contributed by atoms with Crippen molar-refractivity contribution in [3.8, 4) is 0 Å². The lowest BCUT2D eigenvalue weighted by Gasteiger charge is -2.27. The standard InChI is InChI=1S/C22H20N4O4S/c1-13-5-3-6-14(9-13)12-31-22-24-21(28)19-17(11-18(27)23-20(19)25(22)2)15-7-4-8-16(10-15)26(29)30/h3-10,17H,11-12H2,1-2H3,(H,23,27). The van der Waals surface area contributed by atoms with E-state index < -0.39 is 16.4 Å². The molecule has 1 N–H and O–H groups in total. The summed E-state index contributed by atoms with van der Waals surface area (Å²) in [7, 11) is 1.75. The number of anilines is 1. The number of nitrogens with zero attached hydrogens (tertiary/aromatic N) is 3. The molecule has 1 aromatic heterocycles. The van der Waals surface area contributed by atoms with Gasteiger partial charge in [0.05, 0.1) is 10.5 Å². The zero-order chi connectivity index (χ0) is 22.1. The van der Waals surface area contributed by atoms with Gasteiger partial charge in [-0.1, -0.05) is 53.7 Å². The number of nitro groups is 1. The molecular formula is C22H20N4O4S. The van der Waals surface area contributed by atoms with Crippen LogP contribution in [0.15, 0.2) is 58.5 Å². The molecule has 1 aliphatic heterocycles. The molecule has 1 atom stereocenters. The summed E-state index contributed by atoms with van der Waals surface area (Å²) >= 11 is 1.41. The van der Waals surface area contributed by atoms with Gasteiger partial charge in [0.15, 0.2) is 5.16 Å². The molecule has 8 nitrogen and oxygen atoms in total. The fourth-order valence-electron chi connectivity index (χ4n) is 3.75. The van der Waals surface area contributed by atoms with Crippen molar-refractivity contribution in [1.82, 2.24) is 9.55 Å². The summed E-state index contributed by atoms with van der Waals surface area (Å²) < 4.78 is 1.71. The highest BCUT2D eigenvalue weighted by Crippen LogP contribution is 2.37. The Morgan fingerprint density at radius 3 is 2.74 bits per heavy atom. The molecule has 1 unspecified atom stereocenters.